The zero-order valence-corrected chi connectivity index (χ0v) is 14.5. The molecule has 1 aliphatic heterocycles. The number of H-pyrrole nitrogens is 1. The summed E-state index contributed by atoms with van der Waals surface area (Å²) in [5.41, 5.74) is 1.12. The van der Waals surface area contributed by atoms with Crippen LogP contribution in [0.2, 0.25) is 0 Å². The van der Waals surface area contributed by atoms with Gasteiger partial charge >= 0.3 is 0 Å². The van der Waals surface area contributed by atoms with Gasteiger partial charge in [-0.25, -0.2) is 0 Å². The molecule has 4 rings (SSSR count). The number of aromatic amines is 1. The molecule has 0 aliphatic carbocycles. The number of benzene rings is 2. The maximum absolute atomic E-state index is 13.0. The highest BCUT2D eigenvalue weighted by Gasteiger charge is 2.30. The molecule has 1 fully saturated rings. The topological polar surface area (TPSA) is 62.4 Å². The molecule has 5 heteroatoms. The summed E-state index contributed by atoms with van der Waals surface area (Å²) < 4.78 is 6.02. The molecule has 1 saturated heterocycles. The van der Waals surface area contributed by atoms with E-state index in [0.29, 0.717) is 24.2 Å². The third kappa shape index (κ3) is 3.13. The predicted molar refractivity (Wildman–Crippen MR) is 100 cm³/mol. The number of carbonyl (C=O) groups is 1. The van der Waals surface area contributed by atoms with Gasteiger partial charge in [0.2, 0.25) is 0 Å². The molecule has 1 amide bonds. The minimum absolute atomic E-state index is 0.0786. The monoisotopic (exact) mass is 348 g/mol. The third-order valence-electron chi connectivity index (χ3n) is 4.70. The van der Waals surface area contributed by atoms with Crippen LogP contribution in [0.1, 0.15) is 29.1 Å². The first-order valence-electron chi connectivity index (χ1n) is 8.73. The Morgan fingerprint density at radius 3 is 2.62 bits per heavy atom. The number of aromatic nitrogens is 1. The maximum Gasteiger partial charge on any atom is 0.270 e. The lowest BCUT2D eigenvalue weighted by Gasteiger charge is -2.37. The average molecular weight is 348 g/mol. The molecule has 1 aliphatic rings. The number of amides is 1. The van der Waals surface area contributed by atoms with Crippen LogP contribution in [0.25, 0.3) is 10.8 Å². The van der Waals surface area contributed by atoms with Gasteiger partial charge in [0.05, 0.1) is 12.6 Å². The van der Waals surface area contributed by atoms with Crippen molar-refractivity contribution in [3.05, 3.63) is 82.3 Å². The molecule has 132 valence electrons. The van der Waals surface area contributed by atoms with Crippen molar-refractivity contribution in [3.63, 3.8) is 0 Å². The van der Waals surface area contributed by atoms with Gasteiger partial charge in [-0.1, -0.05) is 48.5 Å². The van der Waals surface area contributed by atoms with E-state index in [0.717, 1.165) is 10.9 Å². The molecular weight excluding hydrogens is 328 g/mol. The highest BCUT2D eigenvalue weighted by Crippen LogP contribution is 2.26. The van der Waals surface area contributed by atoms with Gasteiger partial charge in [-0.05, 0) is 30.0 Å². The number of hydrogen-bond donors (Lipinski definition) is 1. The SMILES string of the molecule is C[C@@H]1CN(C(=O)c2cc3ccccc3c(=O)[nH]2)C[C@H](c2ccccc2)O1. The fourth-order valence-electron chi connectivity index (χ4n) is 3.47. The summed E-state index contributed by atoms with van der Waals surface area (Å²) in [5, 5.41) is 1.35. The molecule has 3 aromatic rings. The van der Waals surface area contributed by atoms with Crippen molar-refractivity contribution in [3.8, 4) is 0 Å². The van der Waals surface area contributed by atoms with E-state index in [1.165, 1.54) is 0 Å². The molecule has 1 N–H and O–H groups in total. The molecular formula is C21H20N2O3. The first-order valence-corrected chi connectivity index (χ1v) is 8.73. The van der Waals surface area contributed by atoms with Crippen LogP contribution in [0, 0.1) is 0 Å². The number of morpholine rings is 1. The van der Waals surface area contributed by atoms with Crippen LogP contribution in [-0.4, -0.2) is 35.0 Å². The molecule has 2 aromatic carbocycles. The van der Waals surface area contributed by atoms with Gasteiger partial charge in [0.25, 0.3) is 11.5 Å². The number of fused-ring (bicyclic) bond motifs is 1. The van der Waals surface area contributed by atoms with E-state index in [1.54, 1.807) is 17.0 Å². The quantitative estimate of drug-likeness (QED) is 0.774. The van der Waals surface area contributed by atoms with Gasteiger partial charge in [-0.3, -0.25) is 9.59 Å². The van der Waals surface area contributed by atoms with Crippen molar-refractivity contribution in [2.75, 3.05) is 13.1 Å². The summed E-state index contributed by atoms with van der Waals surface area (Å²) in [6.07, 6.45) is -0.249. The Bertz CT molecular complexity index is 997. The summed E-state index contributed by atoms with van der Waals surface area (Å²) in [6.45, 7) is 2.91. The molecule has 0 saturated carbocycles. The molecule has 2 atom stereocenters. The normalized spacial score (nSPS) is 20.3. The minimum atomic E-state index is -0.243. The van der Waals surface area contributed by atoms with Crippen LogP contribution in [0.4, 0.5) is 0 Å². The molecule has 2 heterocycles. The van der Waals surface area contributed by atoms with E-state index < -0.39 is 0 Å². The van der Waals surface area contributed by atoms with Gasteiger partial charge in [0.1, 0.15) is 11.8 Å². The molecule has 1 aromatic heterocycles. The van der Waals surface area contributed by atoms with E-state index in [2.05, 4.69) is 4.98 Å². The lowest BCUT2D eigenvalue weighted by atomic mass is 10.1. The van der Waals surface area contributed by atoms with Crippen molar-refractivity contribution in [2.24, 2.45) is 0 Å². The zero-order valence-electron chi connectivity index (χ0n) is 14.5. The van der Waals surface area contributed by atoms with E-state index in [1.807, 2.05) is 55.5 Å². The summed E-state index contributed by atoms with van der Waals surface area (Å²) in [7, 11) is 0. The summed E-state index contributed by atoms with van der Waals surface area (Å²) in [5.74, 6) is -0.177. The molecule has 0 spiro atoms. The van der Waals surface area contributed by atoms with Gasteiger partial charge in [0.15, 0.2) is 0 Å². The lowest BCUT2D eigenvalue weighted by molar-refractivity contribution is -0.0692. The predicted octanol–water partition coefficient (Wildman–Crippen LogP) is 3.13. The maximum atomic E-state index is 13.0. The van der Waals surface area contributed by atoms with Crippen LogP contribution in [-0.2, 0) is 4.74 Å². The number of nitrogens with one attached hydrogen (secondary N) is 1. The minimum Gasteiger partial charge on any atom is -0.367 e. The fourth-order valence-corrected chi connectivity index (χ4v) is 3.47. The molecule has 26 heavy (non-hydrogen) atoms. The van der Waals surface area contributed by atoms with E-state index in [4.69, 9.17) is 4.74 Å². The van der Waals surface area contributed by atoms with Crippen LogP contribution < -0.4 is 5.56 Å². The second-order valence-corrected chi connectivity index (χ2v) is 6.66. The molecule has 0 unspecified atom stereocenters. The Morgan fingerprint density at radius 2 is 1.81 bits per heavy atom. The smallest absolute Gasteiger partial charge is 0.270 e. The first kappa shape index (κ1) is 16.5. The summed E-state index contributed by atoms with van der Waals surface area (Å²) in [4.78, 5) is 29.8. The van der Waals surface area contributed by atoms with Crippen molar-refractivity contribution < 1.29 is 9.53 Å². The number of hydrogen-bond acceptors (Lipinski definition) is 3. The third-order valence-corrected chi connectivity index (χ3v) is 4.70. The van der Waals surface area contributed by atoms with Crippen molar-refractivity contribution in [1.29, 1.82) is 0 Å². The largest absolute Gasteiger partial charge is 0.367 e. The molecule has 5 nitrogen and oxygen atoms in total. The van der Waals surface area contributed by atoms with Gasteiger partial charge < -0.3 is 14.6 Å². The summed E-state index contributed by atoms with van der Waals surface area (Å²) in [6, 6.07) is 18.9. The van der Waals surface area contributed by atoms with Crippen molar-refractivity contribution in [2.45, 2.75) is 19.1 Å². The van der Waals surface area contributed by atoms with Crippen LogP contribution in [0.5, 0.6) is 0 Å². The second-order valence-electron chi connectivity index (χ2n) is 6.66. The first-order chi connectivity index (χ1) is 12.6. The van der Waals surface area contributed by atoms with Gasteiger partial charge in [0, 0.05) is 11.9 Å². The fraction of sp³-hybridized carbons (Fsp3) is 0.238. The van der Waals surface area contributed by atoms with E-state index >= 15 is 0 Å². The number of carbonyl (C=O) groups excluding carboxylic acids is 1. The average Bonchev–Trinajstić information content (AvgIpc) is 2.67. The van der Waals surface area contributed by atoms with Crippen molar-refractivity contribution >= 4 is 16.7 Å². The van der Waals surface area contributed by atoms with Gasteiger partial charge in [-0.15, -0.1) is 0 Å². The highest BCUT2D eigenvalue weighted by atomic mass is 16.5. The number of ether oxygens (including phenoxy) is 1. The second kappa shape index (κ2) is 6.77. The van der Waals surface area contributed by atoms with Crippen LogP contribution in [0.15, 0.2) is 65.5 Å². The number of nitrogens with zero attached hydrogens (tertiary/aromatic N) is 1. The Kier molecular flexibility index (Phi) is 4.31. The van der Waals surface area contributed by atoms with Crippen molar-refractivity contribution in [1.82, 2.24) is 9.88 Å². The Hall–Kier alpha value is -2.92. The van der Waals surface area contributed by atoms with Crippen LogP contribution in [0.3, 0.4) is 0 Å². The Balaban J connectivity index is 1.64. The lowest BCUT2D eigenvalue weighted by Crippen LogP contribution is -2.46. The standard InChI is InChI=1S/C21H20N2O3/c1-14-12-23(13-19(26-14)15-7-3-2-4-8-15)21(25)18-11-16-9-5-6-10-17(16)20(24)22-18/h2-11,14,19H,12-13H2,1H3,(H,22,24)/t14-,19-/m1/s1. The number of pyridine rings is 1. The molecule has 0 bridgehead atoms. The summed E-state index contributed by atoms with van der Waals surface area (Å²) >= 11 is 0. The van der Waals surface area contributed by atoms with E-state index in [9.17, 15) is 9.59 Å². The Labute approximate surface area is 151 Å². The molecule has 0 radical (unpaired) electrons. The van der Waals surface area contributed by atoms with E-state index in [-0.39, 0.29) is 23.7 Å². The number of rotatable bonds is 2. The Morgan fingerprint density at radius 1 is 1.08 bits per heavy atom. The van der Waals surface area contributed by atoms with Crippen LogP contribution >= 0.6 is 0 Å². The highest BCUT2D eigenvalue weighted by molar-refractivity contribution is 5.96. The zero-order chi connectivity index (χ0) is 18.1. The van der Waals surface area contributed by atoms with Gasteiger partial charge in [-0.2, -0.15) is 0 Å².